The van der Waals surface area contributed by atoms with E-state index in [-0.39, 0.29) is 10.3 Å². The molecule has 0 fully saturated rings. The number of nitrogens with one attached hydrogen (secondary N) is 2. The third-order valence-electron chi connectivity index (χ3n) is 0.942. The van der Waals surface area contributed by atoms with Gasteiger partial charge in [-0.3, -0.25) is 9.65 Å². The molecule has 1 heterocycles. The van der Waals surface area contributed by atoms with Crippen molar-refractivity contribution in [1.82, 2.24) is 15.4 Å². The standard InChI is InChI=1S/C3H5N3O3S2/c7-11(8,9)1-2-3(10)5-6-4-2/h1H2,(H,7,8,9)(H2,4,5,6,10). The molecule has 0 saturated heterocycles. The van der Waals surface area contributed by atoms with Crippen molar-refractivity contribution in [2.24, 2.45) is 0 Å². The molecule has 0 spiro atoms. The number of hydrogen-bond acceptors (Lipinski definition) is 4. The van der Waals surface area contributed by atoms with Gasteiger partial charge < -0.3 is 0 Å². The molecule has 0 bridgehead atoms. The minimum Gasteiger partial charge on any atom is -0.285 e. The molecule has 3 N–H and O–H groups in total. The molecule has 6 nitrogen and oxygen atoms in total. The Labute approximate surface area is 67.4 Å². The van der Waals surface area contributed by atoms with E-state index in [1.165, 1.54) is 0 Å². The quantitative estimate of drug-likeness (QED) is 0.450. The first-order valence-electron chi connectivity index (χ1n) is 2.56. The van der Waals surface area contributed by atoms with Gasteiger partial charge in [0.05, 0.1) is 0 Å². The van der Waals surface area contributed by atoms with Crippen LogP contribution in [0.25, 0.3) is 0 Å². The van der Waals surface area contributed by atoms with E-state index in [9.17, 15) is 8.42 Å². The minimum absolute atomic E-state index is 0.113. The van der Waals surface area contributed by atoms with Gasteiger partial charge in [0, 0.05) is 0 Å². The Bertz CT molecular complexity index is 388. The van der Waals surface area contributed by atoms with Crippen molar-refractivity contribution in [3.8, 4) is 0 Å². The smallest absolute Gasteiger partial charge is 0.270 e. The fourth-order valence-electron chi connectivity index (χ4n) is 0.540. The van der Waals surface area contributed by atoms with Gasteiger partial charge >= 0.3 is 0 Å². The van der Waals surface area contributed by atoms with Crippen LogP contribution >= 0.6 is 12.2 Å². The first-order chi connectivity index (χ1) is 4.99. The molecule has 0 radical (unpaired) electrons. The minimum atomic E-state index is -4.04. The second-order valence-corrected chi connectivity index (χ2v) is 3.71. The van der Waals surface area contributed by atoms with Crippen molar-refractivity contribution >= 4 is 22.3 Å². The van der Waals surface area contributed by atoms with Gasteiger partial charge in [0.1, 0.15) is 16.1 Å². The van der Waals surface area contributed by atoms with E-state index in [0.29, 0.717) is 0 Å². The van der Waals surface area contributed by atoms with Crippen LogP contribution in [0.1, 0.15) is 5.69 Å². The summed E-state index contributed by atoms with van der Waals surface area (Å²) in [6.45, 7) is 0. The van der Waals surface area contributed by atoms with Crippen LogP contribution in [0.2, 0.25) is 0 Å². The van der Waals surface area contributed by atoms with E-state index in [1.807, 2.05) is 0 Å². The maximum atomic E-state index is 10.3. The van der Waals surface area contributed by atoms with Gasteiger partial charge in [-0.15, -0.1) is 0 Å². The molecular weight excluding hydrogens is 190 g/mol. The largest absolute Gasteiger partial charge is 0.285 e. The predicted molar refractivity (Wildman–Crippen MR) is 39.0 cm³/mol. The number of aromatic nitrogens is 3. The molecule has 1 aromatic heterocycles. The second-order valence-electron chi connectivity index (χ2n) is 1.85. The van der Waals surface area contributed by atoms with Gasteiger partial charge in [-0.25, -0.2) is 5.21 Å². The summed E-state index contributed by atoms with van der Waals surface area (Å²) in [4.78, 5) is 0. The van der Waals surface area contributed by atoms with Crippen LogP contribution in [0.5, 0.6) is 0 Å². The van der Waals surface area contributed by atoms with E-state index in [4.69, 9.17) is 4.55 Å². The third-order valence-corrected chi connectivity index (χ3v) is 1.92. The summed E-state index contributed by atoms with van der Waals surface area (Å²) in [6.07, 6.45) is 0. The molecule has 0 amide bonds. The summed E-state index contributed by atoms with van der Waals surface area (Å²) >= 11 is 4.63. The first-order valence-corrected chi connectivity index (χ1v) is 4.58. The van der Waals surface area contributed by atoms with Gasteiger partial charge in [-0.1, -0.05) is 12.2 Å². The highest BCUT2D eigenvalue weighted by Crippen LogP contribution is 1.99. The van der Waals surface area contributed by atoms with Crippen LogP contribution in [0, 0.1) is 4.64 Å². The average molecular weight is 195 g/mol. The Morgan fingerprint density at radius 2 is 2.27 bits per heavy atom. The summed E-state index contributed by atoms with van der Waals surface area (Å²) in [7, 11) is -4.04. The monoisotopic (exact) mass is 195 g/mol. The second kappa shape index (κ2) is 2.72. The Morgan fingerprint density at radius 1 is 1.64 bits per heavy atom. The van der Waals surface area contributed by atoms with Gasteiger partial charge in [0.25, 0.3) is 10.1 Å². The molecule has 62 valence electrons. The van der Waals surface area contributed by atoms with E-state index < -0.39 is 15.9 Å². The number of hydrogen-bond donors (Lipinski definition) is 3. The normalized spacial score (nSPS) is 11.7. The molecule has 0 atom stereocenters. The highest BCUT2D eigenvalue weighted by Gasteiger charge is 2.09. The summed E-state index contributed by atoms with van der Waals surface area (Å²) < 4.78 is 29.1. The molecular formula is C3H5N3O3S2. The molecule has 8 heteroatoms. The highest BCUT2D eigenvalue weighted by atomic mass is 32.2. The molecule has 11 heavy (non-hydrogen) atoms. The van der Waals surface area contributed by atoms with E-state index in [0.717, 1.165) is 0 Å². The molecule has 0 aromatic carbocycles. The molecule has 0 aliphatic heterocycles. The third kappa shape index (κ3) is 2.41. The number of aromatic amines is 2. The van der Waals surface area contributed by atoms with Gasteiger partial charge in [-0.05, 0) is 0 Å². The van der Waals surface area contributed by atoms with Gasteiger partial charge in [-0.2, -0.15) is 13.5 Å². The zero-order valence-corrected chi connectivity index (χ0v) is 6.87. The van der Waals surface area contributed by atoms with Gasteiger partial charge in [0.2, 0.25) is 0 Å². The summed E-state index contributed by atoms with van der Waals surface area (Å²) in [6, 6.07) is 0. The van der Waals surface area contributed by atoms with E-state index in [1.54, 1.807) is 0 Å². The Morgan fingerprint density at radius 3 is 2.64 bits per heavy atom. The summed E-state index contributed by atoms with van der Waals surface area (Å²) in [5, 5.41) is 8.14. The Kier molecular flexibility index (Phi) is 2.07. The summed E-state index contributed by atoms with van der Waals surface area (Å²) in [5.41, 5.74) is 0.113. The maximum absolute atomic E-state index is 10.3. The predicted octanol–water partition coefficient (Wildman–Crippen LogP) is -0.145. The molecule has 0 aliphatic rings. The zero-order chi connectivity index (χ0) is 8.48. The lowest BCUT2D eigenvalue weighted by Crippen LogP contribution is -2.02. The number of nitrogens with zero attached hydrogens (tertiary/aromatic N) is 1. The van der Waals surface area contributed by atoms with Crippen LogP contribution < -0.4 is 0 Å². The Balaban J connectivity index is 2.98. The van der Waals surface area contributed by atoms with Crippen molar-refractivity contribution in [2.45, 2.75) is 5.75 Å². The van der Waals surface area contributed by atoms with Crippen LogP contribution in [0.15, 0.2) is 0 Å². The fraction of sp³-hybridized carbons (Fsp3) is 0.333. The average Bonchev–Trinajstić information content (AvgIpc) is 2.12. The van der Waals surface area contributed by atoms with Crippen molar-refractivity contribution in [1.29, 1.82) is 0 Å². The molecule has 0 unspecified atom stereocenters. The molecule has 1 rings (SSSR count). The van der Waals surface area contributed by atoms with Crippen molar-refractivity contribution in [3.63, 3.8) is 0 Å². The van der Waals surface area contributed by atoms with Crippen LogP contribution in [0.3, 0.4) is 0 Å². The van der Waals surface area contributed by atoms with Crippen molar-refractivity contribution < 1.29 is 13.0 Å². The fourth-order valence-corrected chi connectivity index (χ4v) is 1.35. The molecule has 1 aromatic rings. The lowest BCUT2D eigenvalue weighted by molar-refractivity contribution is 0.481. The lowest BCUT2D eigenvalue weighted by atomic mass is 10.6. The molecule has 0 saturated carbocycles. The lowest BCUT2D eigenvalue weighted by Gasteiger charge is -1.88. The van der Waals surface area contributed by atoms with Crippen molar-refractivity contribution in [2.75, 3.05) is 0 Å². The van der Waals surface area contributed by atoms with E-state index in [2.05, 4.69) is 27.6 Å². The zero-order valence-electron chi connectivity index (χ0n) is 5.23. The number of H-pyrrole nitrogens is 2. The Hall–Kier alpha value is -0.730. The van der Waals surface area contributed by atoms with Crippen LogP contribution in [-0.4, -0.2) is 28.4 Å². The summed E-state index contributed by atoms with van der Waals surface area (Å²) in [5.74, 6) is -0.564. The van der Waals surface area contributed by atoms with Crippen molar-refractivity contribution in [3.05, 3.63) is 10.3 Å². The topological polar surface area (TPSA) is 98.8 Å². The number of rotatable bonds is 2. The van der Waals surface area contributed by atoms with E-state index >= 15 is 0 Å². The molecule has 0 aliphatic carbocycles. The van der Waals surface area contributed by atoms with Crippen LogP contribution in [0.4, 0.5) is 0 Å². The maximum Gasteiger partial charge on any atom is 0.270 e. The highest BCUT2D eigenvalue weighted by molar-refractivity contribution is 7.85. The van der Waals surface area contributed by atoms with Crippen LogP contribution in [-0.2, 0) is 15.9 Å². The van der Waals surface area contributed by atoms with Gasteiger partial charge in [0.15, 0.2) is 0 Å². The first kappa shape index (κ1) is 8.37. The SMILES string of the molecule is O=S(=O)(O)Cc1n[nH][nH]c1=S.